The molecule has 6 heteroatoms. The van der Waals surface area contributed by atoms with Crippen molar-refractivity contribution in [3.63, 3.8) is 0 Å². The molecule has 1 N–H and O–H groups in total. The van der Waals surface area contributed by atoms with Crippen molar-refractivity contribution < 1.29 is 27.8 Å². The van der Waals surface area contributed by atoms with Gasteiger partial charge in [0, 0.05) is 12.8 Å². The predicted molar refractivity (Wildman–Crippen MR) is 72.4 cm³/mol. The Balaban J connectivity index is 2.14. The Hall–Kier alpha value is -2.08. The maximum atomic E-state index is 13.5. The van der Waals surface area contributed by atoms with Gasteiger partial charge >= 0.3 is 6.18 Å². The third-order valence-electron chi connectivity index (χ3n) is 3.82. The van der Waals surface area contributed by atoms with Gasteiger partial charge in [0.15, 0.2) is 11.5 Å². The number of halogens is 3. The first kappa shape index (κ1) is 14.8. The smallest absolute Gasteiger partial charge is 0.429 e. The summed E-state index contributed by atoms with van der Waals surface area (Å²) >= 11 is 0. The number of hydrogen-bond donors (Lipinski definition) is 1. The lowest BCUT2D eigenvalue weighted by atomic mass is 9.83. The number of alkyl halides is 3. The number of allylic oxidation sites excluding steroid dienone is 1. The van der Waals surface area contributed by atoms with Gasteiger partial charge in [0.2, 0.25) is 0 Å². The van der Waals surface area contributed by atoms with Crippen LogP contribution in [0.4, 0.5) is 13.2 Å². The minimum Gasteiger partial charge on any atom is -0.462 e. The Kier molecular flexibility index (Phi) is 3.36. The first-order valence-electron chi connectivity index (χ1n) is 6.85. The monoisotopic (exact) mass is 310 g/mol. The zero-order chi connectivity index (χ0) is 16.0. The quantitative estimate of drug-likeness (QED) is 0.865. The molecule has 0 unspecified atom stereocenters. The molecule has 1 aromatic carbocycles. The fraction of sp³-hybridized carbons (Fsp3) is 0.312. The Morgan fingerprint density at radius 2 is 1.86 bits per heavy atom. The maximum Gasteiger partial charge on any atom is 0.429 e. The second-order valence-electron chi connectivity index (χ2n) is 5.30. The van der Waals surface area contributed by atoms with Crippen molar-refractivity contribution in [1.29, 1.82) is 0 Å². The number of ether oxygens (including phenoxy) is 1. The molecule has 1 atom stereocenters. The van der Waals surface area contributed by atoms with Crippen LogP contribution in [0.3, 0.4) is 0 Å². The van der Waals surface area contributed by atoms with Gasteiger partial charge in [0.25, 0.3) is 5.60 Å². The lowest BCUT2D eigenvalue weighted by Gasteiger charge is -2.28. The van der Waals surface area contributed by atoms with Crippen LogP contribution < -0.4 is 0 Å². The van der Waals surface area contributed by atoms with Crippen molar-refractivity contribution >= 4 is 11.9 Å². The van der Waals surface area contributed by atoms with E-state index in [1.807, 2.05) is 0 Å². The number of Topliss-reactive ketones (excluding diaryl/α,β-unsaturated/α-hetero) is 1. The highest BCUT2D eigenvalue weighted by molar-refractivity contribution is 6.00. The normalized spacial score (nSPS) is 27.1. The molecule has 1 aliphatic carbocycles. The van der Waals surface area contributed by atoms with Gasteiger partial charge in [-0.15, -0.1) is 0 Å². The number of hydrogen-bond acceptors (Lipinski definition) is 3. The van der Waals surface area contributed by atoms with Crippen molar-refractivity contribution in [1.82, 2.24) is 0 Å². The molecule has 3 nitrogen and oxygen atoms in total. The summed E-state index contributed by atoms with van der Waals surface area (Å²) in [5.74, 6) is -1.44. The van der Waals surface area contributed by atoms with Gasteiger partial charge in [-0.3, -0.25) is 4.79 Å². The number of carbonyl (C=O) groups excluding carboxylic acids is 1. The standard InChI is InChI=1S/C16H13F3O3/c17-16(18,19)15(21)13(9-10-5-2-1-3-6-10)22-12-8-4-7-11(20)14(12)15/h1-3,5-6,9,21H,4,7-8H2/b13-9-/t15-/m0/s1. The molecule has 0 radical (unpaired) electrons. The maximum absolute atomic E-state index is 13.5. The number of ketones is 1. The fourth-order valence-electron chi connectivity index (χ4n) is 2.77. The summed E-state index contributed by atoms with van der Waals surface area (Å²) in [6, 6.07) is 8.22. The summed E-state index contributed by atoms with van der Waals surface area (Å²) in [5.41, 5.74) is -3.57. The zero-order valence-electron chi connectivity index (χ0n) is 11.5. The average molecular weight is 310 g/mol. The highest BCUT2D eigenvalue weighted by Crippen LogP contribution is 2.51. The van der Waals surface area contributed by atoms with Crippen molar-refractivity contribution in [2.45, 2.75) is 31.0 Å². The van der Waals surface area contributed by atoms with Crippen LogP contribution in [0.5, 0.6) is 0 Å². The number of benzene rings is 1. The lowest BCUT2D eigenvalue weighted by Crippen LogP contribution is -2.48. The molecule has 0 saturated heterocycles. The first-order chi connectivity index (χ1) is 10.3. The molecule has 0 aromatic heterocycles. The number of carbonyl (C=O) groups is 1. The van der Waals surface area contributed by atoms with Gasteiger partial charge in [-0.25, -0.2) is 0 Å². The third kappa shape index (κ3) is 2.14. The summed E-state index contributed by atoms with van der Waals surface area (Å²) in [6.07, 6.45) is -3.29. The van der Waals surface area contributed by atoms with Crippen LogP contribution in [-0.4, -0.2) is 22.7 Å². The highest BCUT2D eigenvalue weighted by Gasteiger charge is 2.66. The van der Waals surface area contributed by atoms with E-state index in [1.54, 1.807) is 30.3 Å². The van der Waals surface area contributed by atoms with E-state index >= 15 is 0 Å². The van der Waals surface area contributed by atoms with E-state index in [0.29, 0.717) is 12.0 Å². The van der Waals surface area contributed by atoms with Crippen LogP contribution in [-0.2, 0) is 9.53 Å². The molecule has 3 rings (SSSR count). The number of rotatable bonds is 1. The molecule has 116 valence electrons. The molecule has 0 fully saturated rings. The Labute approximate surface area is 124 Å². The molecule has 22 heavy (non-hydrogen) atoms. The average Bonchev–Trinajstić information content (AvgIpc) is 2.75. The van der Waals surface area contributed by atoms with Crippen LogP contribution in [0.2, 0.25) is 0 Å². The summed E-state index contributed by atoms with van der Waals surface area (Å²) < 4.78 is 45.7. The molecule has 1 aromatic rings. The van der Waals surface area contributed by atoms with E-state index in [0.717, 1.165) is 6.08 Å². The van der Waals surface area contributed by atoms with Crippen LogP contribution in [0.1, 0.15) is 24.8 Å². The van der Waals surface area contributed by atoms with Gasteiger partial charge in [0.05, 0.1) is 5.57 Å². The van der Waals surface area contributed by atoms with E-state index in [1.165, 1.54) is 0 Å². The van der Waals surface area contributed by atoms with Crippen LogP contribution >= 0.6 is 0 Å². The minimum atomic E-state index is -5.03. The highest BCUT2D eigenvalue weighted by atomic mass is 19.4. The third-order valence-corrected chi connectivity index (χ3v) is 3.82. The topological polar surface area (TPSA) is 46.5 Å². The second kappa shape index (κ2) is 4.98. The molecular formula is C16H13F3O3. The molecular weight excluding hydrogens is 297 g/mol. The molecule has 1 aliphatic heterocycles. The SMILES string of the molecule is O=C1CCCC2=C1[C@](O)(C(F)(F)F)/C(=C/c1ccccc1)O2. The lowest BCUT2D eigenvalue weighted by molar-refractivity contribution is -0.232. The molecule has 2 aliphatic rings. The van der Waals surface area contributed by atoms with Crippen molar-refractivity contribution in [3.8, 4) is 0 Å². The molecule has 0 spiro atoms. The fourth-order valence-corrected chi connectivity index (χ4v) is 2.77. The minimum absolute atomic E-state index is 0.0147. The van der Waals surface area contributed by atoms with Crippen LogP contribution in [0.25, 0.3) is 6.08 Å². The van der Waals surface area contributed by atoms with E-state index < -0.39 is 28.9 Å². The summed E-state index contributed by atoms with van der Waals surface area (Å²) in [6.45, 7) is 0. The van der Waals surface area contributed by atoms with E-state index in [2.05, 4.69) is 0 Å². The van der Waals surface area contributed by atoms with Gasteiger partial charge in [0.1, 0.15) is 5.76 Å². The Morgan fingerprint density at radius 1 is 1.18 bits per heavy atom. The van der Waals surface area contributed by atoms with Crippen LogP contribution in [0, 0.1) is 0 Å². The van der Waals surface area contributed by atoms with Gasteiger partial charge in [-0.2, -0.15) is 13.2 Å². The molecule has 0 amide bonds. The van der Waals surface area contributed by atoms with E-state index in [-0.39, 0.29) is 18.6 Å². The zero-order valence-corrected chi connectivity index (χ0v) is 11.5. The van der Waals surface area contributed by atoms with E-state index in [4.69, 9.17) is 4.74 Å². The van der Waals surface area contributed by atoms with Gasteiger partial charge < -0.3 is 9.84 Å². The largest absolute Gasteiger partial charge is 0.462 e. The molecule has 0 bridgehead atoms. The summed E-state index contributed by atoms with van der Waals surface area (Å²) in [4.78, 5) is 11.9. The van der Waals surface area contributed by atoms with Crippen LogP contribution in [0.15, 0.2) is 47.4 Å². The summed E-state index contributed by atoms with van der Waals surface area (Å²) in [5, 5.41) is 10.3. The Morgan fingerprint density at radius 3 is 2.50 bits per heavy atom. The van der Waals surface area contributed by atoms with Crippen molar-refractivity contribution in [2.75, 3.05) is 0 Å². The van der Waals surface area contributed by atoms with Crippen molar-refractivity contribution in [2.24, 2.45) is 0 Å². The first-order valence-corrected chi connectivity index (χ1v) is 6.85. The molecule has 0 saturated carbocycles. The Bertz CT molecular complexity index is 674. The number of aliphatic hydroxyl groups is 1. The van der Waals surface area contributed by atoms with Gasteiger partial charge in [-0.05, 0) is 18.1 Å². The molecule has 1 heterocycles. The predicted octanol–water partition coefficient (Wildman–Crippen LogP) is 3.36. The van der Waals surface area contributed by atoms with Gasteiger partial charge in [-0.1, -0.05) is 30.3 Å². The van der Waals surface area contributed by atoms with E-state index in [9.17, 15) is 23.1 Å². The summed E-state index contributed by atoms with van der Waals surface area (Å²) in [7, 11) is 0. The second-order valence-corrected chi connectivity index (χ2v) is 5.30. The van der Waals surface area contributed by atoms with Crippen molar-refractivity contribution in [3.05, 3.63) is 53.0 Å².